The molecule has 0 radical (unpaired) electrons. The summed E-state index contributed by atoms with van der Waals surface area (Å²) in [5.41, 5.74) is 0. The first-order valence-corrected chi connectivity index (χ1v) is 8.87. The number of anilines is 1. The number of nitrogens with one attached hydrogen (secondary N) is 1. The van der Waals surface area contributed by atoms with E-state index in [1.54, 1.807) is 6.07 Å². The van der Waals surface area contributed by atoms with Gasteiger partial charge in [-0.05, 0) is 19.1 Å². The van der Waals surface area contributed by atoms with Crippen LogP contribution in [0.5, 0.6) is 0 Å². The van der Waals surface area contributed by atoms with Crippen LogP contribution in [0.2, 0.25) is 5.15 Å². The van der Waals surface area contributed by atoms with E-state index in [1.807, 2.05) is 6.26 Å². The highest BCUT2D eigenvalue weighted by atomic mass is 35.5. The van der Waals surface area contributed by atoms with Crippen molar-refractivity contribution < 1.29 is 8.42 Å². The van der Waals surface area contributed by atoms with E-state index in [9.17, 15) is 8.42 Å². The van der Waals surface area contributed by atoms with Crippen molar-refractivity contribution in [3.8, 4) is 0 Å². The van der Waals surface area contributed by atoms with Crippen LogP contribution >= 0.6 is 23.4 Å². The maximum Gasteiger partial charge on any atom is 0.190 e. The predicted molar refractivity (Wildman–Crippen MR) is 74.1 cm³/mol. The molecule has 2 heterocycles. The van der Waals surface area contributed by atoms with Crippen molar-refractivity contribution in [2.75, 3.05) is 23.9 Å². The van der Waals surface area contributed by atoms with Gasteiger partial charge in [0.15, 0.2) is 15.0 Å². The van der Waals surface area contributed by atoms with Gasteiger partial charge in [-0.3, -0.25) is 0 Å². The summed E-state index contributed by atoms with van der Waals surface area (Å²) in [7, 11) is -2.93. The Hall–Kier alpha value is -0.530. The molecule has 1 aliphatic rings. The van der Waals surface area contributed by atoms with Crippen LogP contribution in [0.1, 0.15) is 12.8 Å². The summed E-state index contributed by atoms with van der Waals surface area (Å²) in [4.78, 5) is 8.24. The second-order valence-electron chi connectivity index (χ2n) is 4.07. The van der Waals surface area contributed by atoms with Crippen LogP contribution in [0.25, 0.3) is 0 Å². The van der Waals surface area contributed by atoms with E-state index in [4.69, 9.17) is 11.6 Å². The highest BCUT2D eigenvalue weighted by Gasteiger charge is 2.30. The maximum absolute atomic E-state index is 11.7. The topological polar surface area (TPSA) is 72.0 Å². The Morgan fingerprint density at radius 1 is 1.56 bits per heavy atom. The maximum atomic E-state index is 11.7. The standard InChI is InChI=1S/C10H14ClN3O2S2/c1-17-10-13-8(11)5-9(14-10)12-6-7-3-2-4-18(7,15)16/h5,7H,2-4,6H2,1H3,(H,12,13,14). The fourth-order valence-electron chi connectivity index (χ4n) is 1.88. The van der Waals surface area contributed by atoms with E-state index in [0.29, 0.717) is 34.8 Å². The number of aromatic nitrogens is 2. The molecule has 1 N–H and O–H groups in total. The molecule has 18 heavy (non-hydrogen) atoms. The normalized spacial score (nSPS) is 22.0. The van der Waals surface area contributed by atoms with Crippen LogP contribution in [-0.2, 0) is 9.84 Å². The third-order valence-electron chi connectivity index (χ3n) is 2.83. The lowest BCUT2D eigenvalue weighted by molar-refractivity contribution is 0.591. The number of sulfone groups is 1. The molecule has 0 bridgehead atoms. The van der Waals surface area contributed by atoms with E-state index < -0.39 is 9.84 Å². The van der Waals surface area contributed by atoms with Gasteiger partial charge < -0.3 is 5.32 Å². The zero-order valence-electron chi connectivity index (χ0n) is 9.89. The van der Waals surface area contributed by atoms with Crippen LogP contribution in [0.15, 0.2) is 11.2 Å². The number of halogens is 1. The second kappa shape index (κ2) is 5.63. The minimum absolute atomic E-state index is 0.292. The van der Waals surface area contributed by atoms with Crippen LogP contribution in [0, 0.1) is 0 Å². The quantitative estimate of drug-likeness (QED) is 0.520. The van der Waals surface area contributed by atoms with Crippen molar-refractivity contribution in [2.24, 2.45) is 0 Å². The van der Waals surface area contributed by atoms with Crippen LogP contribution in [-0.4, -0.2) is 42.2 Å². The molecule has 1 aromatic heterocycles. The SMILES string of the molecule is CSc1nc(Cl)cc(NCC2CCCS2(=O)=O)n1. The van der Waals surface area contributed by atoms with Crippen molar-refractivity contribution in [3.63, 3.8) is 0 Å². The molecule has 0 spiro atoms. The number of rotatable bonds is 4. The molecular weight excluding hydrogens is 294 g/mol. The van der Waals surface area contributed by atoms with Gasteiger partial charge in [-0.1, -0.05) is 23.4 Å². The first-order valence-electron chi connectivity index (χ1n) is 5.55. The van der Waals surface area contributed by atoms with Gasteiger partial charge in [-0.25, -0.2) is 18.4 Å². The van der Waals surface area contributed by atoms with E-state index in [-0.39, 0.29) is 5.25 Å². The van der Waals surface area contributed by atoms with Gasteiger partial charge in [-0.15, -0.1) is 0 Å². The van der Waals surface area contributed by atoms with Gasteiger partial charge >= 0.3 is 0 Å². The molecule has 100 valence electrons. The van der Waals surface area contributed by atoms with Gasteiger partial charge in [0.25, 0.3) is 0 Å². The molecule has 8 heteroatoms. The molecule has 5 nitrogen and oxygen atoms in total. The van der Waals surface area contributed by atoms with Crippen LogP contribution in [0.3, 0.4) is 0 Å². The molecule has 1 unspecified atom stereocenters. The summed E-state index contributed by atoms with van der Waals surface area (Å²) in [6.45, 7) is 0.378. The third kappa shape index (κ3) is 3.27. The van der Waals surface area contributed by atoms with E-state index in [2.05, 4.69) is 15.3 Å². The van der Waals surface area contributed by atoms with Crippen molar-refractivity contribution in [1.29, 1.82) is 0 Å². The summed E-state index contributed by atoms with van der Waals surface area (Å²) < 4.78 is 23.3. The first kappa shape index (κ1) is 13.9. The van der Waals surface area contributed by atoms with Crippen LogP contribution < -0.4 is 5.32 Å². The predicted octanol–water partition coefficient (Wildman–Crippen LogP) is 1.84. The van der Waals surface area contributed by atoms with Crippen molar-refractivity contribution >= 4 is 39.0 Å². The van der Waals surface area contributed by atoms with Gasteiger partial charge in [0.1, 0.15) is 11.0 Å². The highest BCUT2D eigenvalue weighted by Crippen LogP contribution is 2.21. The fraction of sp³-hybridized carbons (Fsp3) is 0.600. The number of hydrogen-bond donors (Lipinski definition) is 1. The Morgan fingerprint density at radius 2 is 2.33 bits per heavy atom. The number of thioether (sulfide) groups is 1. The minimum atomic E-state index is -2.93. The first-order chi connectivity index (χ1) is 8.51. The minimum Gasteiger partial charge on any atom is -0.369 e. The molecule has 2 rings (SSSR count). The average molecular weight is 308 g/mol. The van der Waals surface area contributed by atoms with E-state index in [0.717, 1.165) is 6.42 Å². The number of hydrogen-bond acceptors (Lipinski definition) is 6. The van der Waals surface area contributed by atoms with Gasteiger partial charge in [0, 0.05) is 12.6 Å². The lowest BCUT2D eigenvalue weighted by Gasteiger charge is -2.11. The van der Waals surface area contributed by atoms with E-state index >= 15 is 0 Å². The molecule has 1 atom stereocenters. The van der Waals surface area contributed by atoms with E-state index in [1.165, 1.54) is 11.8 Å². The molecule has 1 saturated heterocycles. The Labute approximate surface area is 116 Å². The van der Waals surface area contributed by atoms with Crippen LogP contribution in [0.4, 0.5) is 5.82 Å². The second-order valence-corrected chi connectivity index (χ2v) is 7.64. The average Bonchev–Trinajstić information content (AvgIpc) is 2.65. The Balaban J connectivity index is 2.04. The molecule has 0 amide bonds. The molecule has 1 aliphatic heterocycles. The third-order valence-corrected chi connectivity index (χ3v) is 5.85. The molecular formula is C10H14ClN3O2S2. The fourth-order valence-corrected chi connectivity index (χ4v) is 4.26. The Kier molecular flexibility index (Phi) is 4.34. The molecule has 0 saturated carbocycles. The molecule has 1 fully saturated rings. The zero-order chi connectivity index (χ0) is 13.2. The molecule has 1 aromatic rings. The lowest BCUT2D eigenvalue weighted by atomic mass is 10.2. The largest absolute Gasteiger partial charge is 0.369 e. The smallest absolute Gasteiger partial charge is 0.190 e. The summed E-state index contributed by atoms with van der Waals surface area (Å²) in [5, 5.41) is 3.64. The summed E-state index contributed by atoms with van der Waals surface area (Å²) >= 11 is 7.25. The summed E-state index contributed by atoms with van der Waals surface area (Å²) in [6, 6.07) is 1.60. The van der Waals surface area contributed by atoms with Crippen molar-refractivity contribution in [1.82, 2.24) is 9.97 Å². The zero-order valence-corrected chi connectivity index (χ0v) is 12.3. The lowest BCUT2D eigenvalue weighted by Crippen LogP contribution is -2.25. The van der Waals surface area contributed by atoms with Crippen molar-refractivity contribution in [2.45, 2.75) is 23.2 Å². The van der Waals surface area contributed by atoms with Gasteiger partial charge in [0.2, 0.25) is 0 Å². The number of nitrogens with zero attached hydrogens (tertiary/aromatic N) is 2. The molecule has 0 aliphatic carbocycles. The van der Waals surface area contributed by atoms with Gasteiger partial charge in [0.05, 0.1) is 11.0 Å². The Morgan fingerprint density at radius 3 is 2.94 bits per heavy atom. The van der Waals surface area contributed by atoms with Crippen molar-refractivity contribution in [3.05, 3.63) is 11.2 Å². The summed E-state index contributed by atoms with van der Waals surface area (Å²) in [5.74, 6) is 0.862. The Bertz CT molecular complexity index is 536. The monoisotopic (exact) mass is 307 g/mol. The van der Waals surface area contributed by atoms with Gasteiger partial charge in [-0.2, -0.15) is 0 Å². The highest BCUT2D eigenvalue weighted by molar-refractivity contribution is 7.98. The molecule has 0 aromatic carbocycles. The summed E-state index contributed by atoms with van der Waals surface area (Å²) in [6.07, 6.45) is 3.32.